The Kier molecular flexibility index (Phi) is 5.22. The van der Waals surface area contributed by atoms with Gasteiger partial charge < -0.3 is 10.2 Å². The van der Waals surface area contributed by atoms with Crippen LogP contribution in [0.1, 0.15) is 73.2 Å². The molecule has 0 heterocycles. The maximum Gasteiger partial charge on any atom is 0.335 e. The zero-order chi connectivity index (χ0) is 17.1. The van der Waals surface area contributed by atoms with Gasteiger partial charge in [-0.05, 0) is 74.0 Å². The Morgan fingerprint density at radius 2 is 1.46 bits per heavy atom. The molecule has 2 unspecified atom stereocenters. The average molecular weight is 330 g/mol. The van der Waals surface area contributed by atoms with Crippen LogP contribution in [0.4, 0.5) is 0 Å². The van der Waals surface area contributed by atoms with E-state index in [1.165, 1.54) is 12.0 Å². The second-order valence-electron chi connectivity index (χ2n) is 7.43. The highest BCUT2D eigenvalue weighted by Gasteiger charge is 2.37. The zero-order valence-corrected chi connectivity index (χ0v) is 14.0. The van der Waals surface area contributed by atoms with Gasteiger partial charge in [-0.2, -0.15) is 0 Å². The van der Waals surface area contributed by atoms with Crippen molar-refractivity contribution < 1.29 is 19.8 Å². The van der Waals surface area contributed by atoms with Crippen LogP contribution in [0.3, 0.4) is 0 Å². The highest BCUT2D eigenvalue weighted by atomic mass is 16.4. The molecular weight excluding hydrogens is 304 g/mol. The van der Waals surface area contributed by atoms with Gasteiger partial charge in [0.25, 0.3) is 0 Å². The summed E-state index contributed by atoms with van der Waals surface area (Å²) in [6, 6.07) is 7.25. The second kappa shape index (κ2) is 7.37. The van der Waals surface area contributed by atoms with E-state index < -0.39 is 11.9 Å². The van der Waals surface area contributed by atoms with Crippen LogP contribution >= 0.6 is 0 Å². The van der Waals surface area contributed by atoms with E-state index in [2.05, 4.69) is 0 Å². The third kappa shape index (κ3) is 3.63. The van der Waals surface area contributed by atoms with E-state index in [0.717, 1.165) is 44.9 Å². The Morgan fingerprint density at radius 3 is 2.04 bits per heavy atom. The smallest absolute Gasteiger partial charge is 0.335 e. The molecule has 130 valence electrons. The lowest BCUT2D eigenvalue weighted by Crippen LogP contribution is -2.34. The normalized spacial score (nSPS) is 30.7. The monoisotopic (exact) mass is 330 g/mol. The average Bonchev–Trinajstić information content (AvgIpc) is 2.62. The topological polar surface area (TPSA) is 74.6 Å². The molecular formula is C20H26O4. The maximum absolute atomic E-state index is 11.5. The molecule has 2 saturated carbocycles. The van der Waals surface area contributed by atoms with Crippen LogP contribution in [-0.2, 0) is 4.79 Å². The van der Waals surface area contributed by atoms with Crippen molar-refractivity contribution in [1.29, 1.82) is 0 Å². The maximum atomic E-state index is 11.5. The molecule has 0 bridgehead atoms. The second-order valence-corrected chi connectivity index (χ2v) is 7.43. The molecule has 0 spiro atoms. The van der Waals surface area contributed by atoms with Crippen molar-refractivity contribution in [3.05, 3.63) is 35.4 Å². The Bertz CT molecular complexity index is 584. The quantitative estimate of drug-likeness (QED) is 0.849. The fourth-order valence-electron chi connectivity index (χ4n) is 4.81. The van der Waals surface area contributed by atoms with Crippen LogP contribution in [0.2, 0.25) is 0 Å². The van der Waals surface area contributed by atoms with Crippen molar-refractivity contribution in [2.45, 2.75) is 57.3 Å². The lowest BCUT2D eigenvalue weighted by molar-refractivity contribution is -0.146. The third-order valence-electron chi connectivity index (χ3n) is 6.14. The predicted octanol–water partition coefficient (Wildman–Crippen LogP) is 4.55. The Balaban J connectivity index is 1.60. The van der Waals surface area contributed by atoms with E-state index >= 15 is 0 Å². The van der Waals surface area contributed by atoms with Gasteiger partial charge in [-0.15, -0.1) is 0 Å². The van der Waals surface area contributed by atoms with Crippen LogP contribution in [0.25, 0.3) is 0 Å². The third-order valence-corrected chi connectivity index (χ3v) is 6.14. The minimum Gasteiger partial charge on any atom is -0.481 e. The van der Waals surface area contributed by atoms with Gasteiger partial charge in [0, 0.05) is 0 Å². The summed E-state index contributed by atoms with van der Waals surface area (Å²) >= 11 is 0. The molecule has 24 heavy (non-hydrogen) atoms. The summed E-state index contributed by atoms with van der Waals surface area (Å²) in [5, 5.41) is 18.5. The molecule has 1 aromatic carbocycles. The fraction of sp³-hybridized carbons (Fsp3) is 0.600. The van der Waals surface area contributed by atoms with Gasteiger partial charge >= 0.3 is 11.9 Å². The molecule has 3 rings (SSSR count). The number of carbonyl (C=O) groups is 2. The number of hydrogen-bond acceptors (Lipinski definition) is 2. The zero-order valence-electron chi connectivity index (χ0n) is 14.0. The van der Waals surface area contributed by atoms with E-state index in [9.17, 15) is 14.7 Å². The van der Waals surface area contributed by atoms with Gasteiger partial charge in [0.15, 0.2) is 0 Å². The first kappa shape index (κ1) is 17.0. The molecule has 2 aliphatic carbocycles. The summed E-state index contributed by atoms with van der Waals surface area (Å²) in [6.45, 7) is 0. The highest BCUT2D eigenvalue weighted by molar-refractivity contribution is 5.87. The first-order valence-electron chi connectivity index (χ1n) is 9.12. The standard InChI is InChI=1S/C20H26O4/c21-19(22)16-11-7-14(8-12-16)13-5-9-15(10-6-13)17-3-1-2-4-18(17)20(23)24/h7-8,11-13,15,17-18H,1-6,9-10H2,(H,21,22)(H,23,24). The largest absolute Gasteiger partial charge is 0.481 e. The van der Waals surface area contributed by atoms with Gasteiger partial charge in [0.1, 0.15) is 0 Å². The lowest BCUT2D eigenvalue weighted by Gasteiger charge is -2.39. The number of aromatic carboxylic acids is 1. The van der Waals surface area contributed by atoms with E-state index in [1.54, 1.807) is 12.1 Å². The molecule has 1 aromatic rings. The number of hydrogen-bond donors (Lipinski definition) is 2. The van der Waals surface area contributed by atoms with Gasteiger partial charge in [-0.3, -0.25) is 4.79 Å². The SMILES string of the molecule is O=C(O)c1ccc(C2CCC(C3CCCCC3C(=O)O)CC2)cc1. The molecule has 4 nitrogen and oxygen atoms in total. The molecule has 2 fully saturated rings. The van der Waals surface area contributed by atoms with Crippen molar-refractivity contribution in [2.24, 2.45) is 17.8 Å². The lowest BCUT2D eigenvalue weighted by atomic mass is 9.66. The Labute approximate surface area is 142 Å². The minimum absolute atomic E-state index is 0.143. The van der Waals surface area contributed by atoms with Crippen molar-refractivity contribution in [2.75, 3.05) is 0 Å². The van der Waals surface area contributed by atoms with E-state index in [4.69, 9.17) is 5.11 Å². The van der Waals surface area contributed by atoms with Crippen molar-refractivity contribution in [3.8, 4) is 0 Å². The molecule has 2 N–H and O–H groups in total. The first-order valence-corrected chi connectivity index (χ1v) is 9.12. The molecule has 0 amide bonds. The summed E-state index contributed by atoms with van der Waals surface area (Å²) in [7, 11) is 0. The molecule has 0 aromatic heterocycles. The van der Waals surface area contributed by atoms with Crippen LogP contribution in [0.15, 0.2) is 24.3 Å². The molecule has 0 aliphatic heterocycles. The van der Waals surface area contributed by atoms with Crippen LogP contribution < -0.4 is 0 Å². The summed E-state index contributed by atoms with van der Waals surface area (Å²) in [5.74, 6) is -0.257. The highest BCUT2D eigenvalue weighted by Crippen LogP contribution is 2.45. The van der Waals surface area contributed by atoms with Crippen LogP contribution in [0, 0.1) is 17.8 Å². The predicted molar refractivity (Wildman–Crippen MR) is 91.2 cm³/mol. The Morgan fingerprint density at radius 1 is 0.833 bits per heavy atom. The number of carboxylic acid groups (broad SMARTS) is 2. The van der Waals surface area contributed by atoms with Gasteiger partial charge in [0.05, 0.1) is 11.5 Å². The molecule has 4 heteroatoms. The summed E-state index contributed by atoms with van der Waals surface area (Å²) < 4.78 is 0. The van der Waals surface area contributed by atoms with Gasteiger partial charge in [0.2, 0.25) is 0 Å². The van der Waals surface area contributed by atoms with Crippen LogP contribution in [0.5, 0.6) is 0 Å². The molecule has 2 atom stereocenters. The summed E-state index contributed by atoms with van der Waals surface area (Å²) in [5.41, 5.74) is 1.55. The van der Waals surface area contributed by atoms with Crippen molar-refractivity contribution >= 4 is 11.9 Å². The van der Waals surface area contributed by atoms with Gasteiger partial charge in [-0.1, -0.05) is 25.0 Å². The summed E-state index contributed by atoms with van der Waals surface area (Å²) in [6.07, 6.45) is 8.50. The van der Waals surface area contributed by atoms with Crippen molar-refractivity contribution in [1.82, 2.24) is 0 Å². The van der Waals surface area contributed by atoms with E-state index in [0.29, 0.717) is 23.3 Å². The number of aliphatic carboxylic acids is 1. The number of carboxylic acids is 2. The molecule has 0 radical (unpaired) electrons. The number of rotatable bonds is 4. The molecule has 0 saturated heterocycles. The van der Waals surface area contributed by atoms with E-state index in [1.807, 2.05) is 12.1 Å². The number of benzene rings is 1. The molecule has 2 aliphatic rings. The first-order chi connectivity index (χ1) is 11.6. The van der Waals surface area contributed by atoms with Crippen molar-refractivity contribution in [3.63, 3.8) is 0 Å². The summed E-state index contributed by atoms with van der Waals surface area (Å²) in [4.78, 5) is 22.5. The van der Waals surface area contributed by atoms with Crippen LogP contribution in [-0.4, -0.2) is 22.2 Å². The van der Waals surface area contributed by atoms with Gasteiger partial charge in [-0.25, -0.2) is 4.79 Å². The minimum atomic E-state index is -0.887. The Hall–Kier alpha value is -1.84. The van der Waals surface area contributed by atoms with E-state index in [-0.39, 0.29) is 5.92 Å². The fourth-order valence-corrected chi connectivity index (χ4v) is 4.81.